The van der Waals surface area contributed by atoms with E-state index in [1.807, 2.05) is 36.4 Å². The van der Waals surface area contributed by atoms with Crippen molar-refractivity contribution >= 4 is 30.4 Å². The van der Waals surface area contributed by atoms with Crippen LogP contribution in [0.2, 0.25) is 0 Å². The number of aliphatic hydroxyl groups excluding tert-OH is 1. The zero-order chi connectivity index (χ0) is 39.2. The first-order valence-corrected chi connectivity index (χ1v) is 19.9. The fraction of sp³-hybridized carbons (Fsp3) is 0.400. The van der Waals surface area contributed by atoms with Crippen LogP contribution in [0.3, 0.4) is 0 Å². The molecular weight excluding hydrogens is 727 g/mol. The standard InChI is InChI=1S/C40H47N4O10P/c1-3-4-5-6-10-22-36(46)41-23-14-19-31-25-44(40(49)42-38(31)47)37-24-33(45)35(53-37)27-52-55(50,54-34-21-13-18-30-17-11-12-20-32(30)34)43-28(2)39(48)51-26-29-15-8-7-9-16-29/h7-9,11-13,15-18,20-21,25,28,33,35,37,45H,3-6,10,22-24,26-27H2,1-2H3,(H,41,46)(H,43,50)(H,42,47,49)/t28-,33-,35+,37?,55?/m0/s1. The molecule has 0 radical (unpaired) electrons. The minimum absolute atomic E-state index is 0.00222. The number of nitrogens with one attached hydrogen (secondary N) is 3. The fourth-order valence-corrected chi connectivity index (χ4v) is 7.41. The topological polar surface area (TPSA) is 187 Å². The second kappa shape index (κ2) is 20.0. The number of H-pyrrole nitrogens is 1. The number of aromatic amines is 1. The van der Waals surface area contributed by atoms with Gasteiger partial charge in [-0.25, -0.2) is 9.36 Å². The zero-order valence-electron chi connectivity index (χ0n) is 30.9. The number of nitrogens with zero attached hydrogens (tertiary/aromatic N) is 1. The normalized spacial score (nSPS) is 18.1. The molecule has 14 nitrogen and oxygen atoms in total. The van der Waals surface area contributed by atoms with Crippen LogP contribution in [0.5, 0.6) is 5.75 Å². The van der Waals surface area contributed by atoms with Crippen LogP contribution < -0.4 is 26.2 Å². The molecule has 1 aliphatic rings. The minimum atomic E-state index is -4.39. The number of aromatic nitrogens is 2. The Balaban J connectivity index is 1.25. The Hall–Kier alpha value is -5.03. The lowest BCUT2D eigenvalue weighted by atomic mass is 10.1. The Morgan fingerprint density at radius 2 is 1.78 bits per heavy atom. The van der Waals surface area contributed by atoms with Gasteiger partial charge in [0, 0.05) is 24.4 Å². The number of ether oxygens (including phenoxy) is 2. The van der Waals surface area contributed by atoms with Crippen LogP contribution in [0, 0.1) is 11.8 Å². The molecule has 4 aromatic rings. The van der Waals surface area contributed by atoms with Gasteiger partial charge in [-0.2, -0.15) is 5.09 Å². The van der Waals surface area contributed by atoms with Gasteiger partial charge in [0.1, 0.15) is 36.3 Å². The zero-order valence-corrected chi connectivity index (χ0v) is 31.8. The molecule has 1 aromatic heterocycles. The van der Waals surface area contributed by atoms with Crippen molar-refractivity contribution < 1.29 is 37.8 Å². The Morgan fingerprint density at radius 1 is 1.04 bits per heavy atom. The lowest BCUT2D eigenvalue weighted by molar-refractivity contribution is -0.146. The molecule has 0 saturated carbocycles. The van der Waals surface area contributed by atoms with Gasteiger partial charge in [-0.05, 0) is 30.4 Å². The van der Waals surface area contributed by atoms with E-state index >= 15 is 0 Å². The van der Waals surface area contributed by atoms with Gasteiger partial charge >= 0.3 is 19.4 Å². The maximum absolute atomic E-state index is 14.4. The summed E-state index contributed by atoms with van der Waals surface area (Å²) in [6.45, 7) is 3.13. The van der Waals surface area contributed by atoms with Gasteiger partial charge in [0.2, 0.25) is 5.91 Å². The molecule has 1 aliphatic heterocycles. The van der Waals surface area contributed by atoms with Gasteiger partial charge in [0.05, 0.1) is 19.3 Å². The van der Waals surface area contributed by atoms with Gasteiger partial charge in [-0.1, -0.05) is 111 Å². The number of carbonyl (C=O) groups is 2. The van der Waals surface area contributed by atoms with Crippen molar-refractivity contribution in [2.24, 2.45) is 0 Å². The van der Waals surface area contributed by atoms with Crippen molar-refractivity contribution in [2.75, 3.05) is 13.2 Å². The molecule has 5 atom stereocenters. The van der Waals surface area contributed by atoms with E-state index in [1.165, 1.54) is 13.1 Å². The highest BCUT2D eigenvalue weighted by molar-refractivity contribution is 7.52. The molecule has 2 heterocycles. The van der Waals surface area contributed by atoms with Crippen LogP contribution in [-0.2, 0) is 34.8 Å². The van der Waals surface area contributed by atoms with Gasteiger partial charge in [-0.15, -0.1) is 0 Å². The third-order valence-corrected chi connectivity index (χ3v) is 10.5. The Kier molecular flexibility index (Phi) is 15.0. The lowest BCUT2D eigenvalue weighted by Gasteiger charge is -2.25. The number of hydrogen-bond donors (Lipinski definition) is 4. The van der Waals surface area contributed by atoms with Crippen molar-refractivity contribution in [3.63, 3.8) is 0 Å². The molecule has 2 unspecified atom stereocenters. The van der Waals surface area contributed by atoms with E-state index in [9.17, 15) is 28.8 Å². The molecule has 0 aliphatic carbocycles. The monoisotopic (exact) mass is 774 g/mol. The van der Waals surface area contributed by atoms with Gasteiger partial charge in [0.15, 0.2) is 0 Å². The van der Waals surface area contributed by atoms with Crippen LogP contribution in [0.4, 0.5) is 0 Å². The SMILES string of the molecule is CCCCCCCC(=O)NCC#Cc1cn(C2C[C@H](O)[C@@H](COP(=O)(N[C@@H](C)C(=O)OCc3ccccc3)Oc3cccc4ccccc34)O2)c(=O)[nH]c1=O. The number of esters is 1. The van der Waals surface area contributed by atoms with Gasteiger partial charge < -0.3 is 24.4 Å². The van der Waals surface area contributed by atoms with E-state index < -0.39 is 56.0 Å². The summed E-state index contributed by atoms with van der Waals surface area (Å²) in [5.41, 5.74) is -0.787. The van der Waals surface area contributed by atoms with E-state index in [4.69, 9.17) is 18.5 Å². The molecule has 3 aromatic carbocycles. The smallest absolute Gasteiger partial charge is 0.459 e. The number of hydrogen-bond acceptors (Lipinski definition) is 10. The molecule has 292 valence electrons. The van der Waals surface area contributed by atoms with Crippen molar-refractivity contribution in [1.82, 2.24) is 20.0 Å². The Labute approximate surface area is 319 Å². The van der Waals surface area contributed by atoms with Gasteiger partial charge in [-0.3, -0.25) is 28.5 Å². The van der Waals surface area contributed by atoms with Crippen molar-refractivity contribution in [2.45, 2.75) is 89.9 Å². The lowest BCUT2D eigenvalue weighted by Crippen LogP contribution is -2.36. The van der Waals surface area contributed by atoms with E-state index in [-0.39, 0.29) is 36.8 Å². The van der Waals surface area contributed by atoms with Crippen LogP contribution in [0.15, 0.2) is 88.6 Å². The average molecular weight is 775 g/mol. The fourth-order valence-electron chi connectivity index (χ4n) is 5.89. The highest BCUT2D eigenvalue weighted by atomic mass is 31.2. The largest absolute Gasteiger partial charge is 0.460 e. The highest BCUT2D eigenvalue weighted by Crippen LogP contribution is 2.47. The summed E-state index contributed by atoms with van der Waals surface area (Å²) in [6.07, 6.45) is 3.33. The number of carbonyl (C=O) groups excluding carboxylic acids is 2. The van der Waals surface area contributed by atoms with Crippen LogP contribution in [0.25, 0.3) is 10.8 Å². The summed E-state index contributed by atoms with van der Waals surface area (Å²) in [4.78, 5) is 52.6. The predicted molar refractivity (Wildman–Crippen MR) is 206 cm³/mol. The third kappa shape index (κ3) is 12.0. The maximum atomic E-state index is 14.4. The molecule has 5 rings (SSSR count). The molecule has 55 heavy (non-hydrogen) atoms. The van der Waals surface area contributed by atoms with Crippen LogP contribution in [-0.4, -0.2) is 57.9 Å². The van der Waals surface area contributed by atoms with Crippen LogP contribution >= 0.6 is 7.75 Å². The summed E-state index contributed by atoms with van der Waals surface area (Å²) < 4.78 is 38.7. The summed E-state index contributed by atoms with van der Waals surface area (Å²) in [5.74, 6) is 4.80. The number of rotatable bonds is 18. The first-order valence-electron chi connectivity index (χ1n) is 18.4. The van der Waals surface area contributed by atoms with E-state index in [0.717, 1.165) is 47.6 Å². The molecular formula is C40H47N4O10P. The summed E-state index contributed by atoms with van der Waals surface area (Å²) in [7, 11) is -4.39. The number of fused-ring (bicyclic) bond motifs is 1. The number of amides is 1. The van der Waals surface area contributed by atoms with Crippen molar-refractivity contribution in [1.29, 1.82) is 0 Å². The Bertz CT molecular complexity index is 2140. The summed E-state index contributed by atoms with van der Waals surface area (Å²) in [6, 6.07) is 20.4. The van der Waals surface area contributed by atoms with Crippen LogP contribution in [0.1, 0.15) is 76.1 Å². The molecule has 1 amide bonds. The van der Waals surface area contributed by atoms with Crippen molar-refractivity contribution in [3.8, 4) is 17.6 Å². The minimum Gasteiger partial charge on any atom is -0.460 e. The Morgan fingerprint density at radius 3 is 2.58 bits per heavy atom. The molecule has 0 bridgehead atoms. The maximum Gasteiger partial charge on any atom is 0.459 e. The molecule has 15 heteroatoms. The van der Waals surface area contributed by atoms with E-state index in [1.54, 1.807) is 36.4 Å². The molecule has 1 fully saturated rings. The molecule has 4 N–H and O–H groups in total. The predicted octanol–water partition coefficient (Wildman–Crippen LogP) is 5.09. The number of aliphatic hydroxyl groups is 1. The van der Waals surface area contributed by atoms with E-state index in [0.29, 0.717) is 11.8 Å². The first kappa shape index (κ1) is 41.1. The summed E-state index contributed by atoms with van der Waals surface area (Å²) >= 11 is 0. The quantitative estimate of drug-likeness (QED) is 0.0457. The highest BCUT2D eigenvalue weighted by Gasteiger charge is 2.40. The second-order valence-electron chi connectivity index (χ2n) is 13.2. The average Bonchev–Trinajstić information content (AvgIpc) is 3.55. The third-order valence-electron chi connectivity index (χ3n) is 8.89. The molecule has 1 saturated heterocycles. The van der Waals surface area contributed by atoms with Crippen molar-refractivity contribution in [3.05, 3.63) is 111 Å². The van der Waals surface area contributed by atoms with Gasteiger partial charge in [0.25, 0.3) is 5.56 Å². The number of benzene rings is 3. The first-order chi connectivity index (χ1) is 26.5. The second-order valence-corrected chi connectivity index (χ2v) is 14.9. The van der Waals surface area contributed by atoms with E-state index in [2.05, 4.69) is 34.2 Å². The number of unbranched alkanes of at least 4 members (excludes halogenated alkanes) is 4. The molecule has 0 spiro atoms. The summed E-state index contributed by atoms with van der Waals surface area (Å²) in [5, 5.41) is 17.8.